The Kier molecular flexibility index (Phi) is 4.79. The van der Waals surface area contributed by atoms with E-state index < -0.39 is 0 Å². The Labute approximate surface area is 110 Å². The van der Waals surface area contributed by atoms with Gasteiger partial charge in [0, 0.05) is 24.6 Å². The van der Waals surface area contributed by atoms with Gasteiger partial charge in [-0.3, -0.25) is 0 Å². The van der Waals surface area contributed by atoms with Crippen molar-refractivity contribution < 1.29 is 5.11 Å². The molecule has 2 heteroatoms. The summed E-state index contributed by atoms with van der Waals surface area (Å²) in [7, 11) is 0. The standard InChI is InChI=1S/C16H25NO/c1-14(8-9-15-6-3-2-4-7-15)17-12-16(13-18)10-5-11-16/h2-4,6-7,14,17-18H,5,8-13H2,1H3. The summed E-state index contributed by atoms with van der Waals surface area (Å²) < 4.78 is 0. The van der Waals surface area contributed by atoms with Crippen molar-refractivity contribution in [1.82, 2.24) is 5.32 Å². The maximum atomic E-state index is 9.42. The van der Waals surface area contributed by atoms with E-state index in [1.54, 1.807) is 0 Å². The molecular formula is C16H25NO. The molecule has 1 aromatic rings. The summed E-state index contributed by atoms with van der Waals surface area (Å²) >= 11 is 0. The van der Waals surface area contributed by atoms with Gasteiger partial charge in [0.15, 0.2) is 0 Å². The van der Waals surface area contributed by atoms with Crippen LogP contribution in [0.5, 0.6) is 0 Å². The van der Waals surface area contributed by atoms with Crippen molar-refractivity contribution in [2.24, 2.45) is 5.41 Å². The summed E-state index contributed by atoms with van der Waals surface area (Å²) in [6.45, 7) is 3.55. The van der Waals surface area contributed by atoms with Crippen molar-refractivity contribution >= 4 is 0 Å². The SMILES string of the molecule is CC(CCc1ccccc1)NCC1(CO)CCC1. The smallest absolute Gasteiger partial charge is 0.0499 e. The van der Waals surface area contributed by atoms with E-state index >= 15 is 0 Å². The van der Waals surface area contributed by atoms with Crippen LogP contribution in [0.2, 0.25) is 0 Å². The highest BCUT2D eigenvalue weighted by Crippen LogP contribution is 2.39. The third-order valence-corrected chi connectivity index (χ3v) is 4.28. The van der Waals surface area contributed by atoms with Gasteiger partial charge >= 0.3 is 0 Å². The lowest BCUT2D eigenvalue weighted by Gasteiger charge is -2.41. The van der Waals surface area contributed by atoms with Gasteiger partial charge in [0.05, 0.1) is 0 Å². The molecule has 0 spiro atoms. The molecule has 0 aromatic heterocycles. The van der Waals surface area contributed by atoms with Gasteiger partial charge in [-0.25, -0.2) is 0 Å². The van der Waals surface area contributed by atoms with Crippen molar-refractivity contribution in [1.29, 1.82) is 0 Å². The quantitative estimate of drug-likeness (QED) is 0.776. The zero-order valence-corrected chi connectivity index (χ0v) is 11.4. The van der Waals surface area contributed by atoms with Crippen LogP contribution >= 0.6 is 0 Å². The van der Waals surface area contributed by atoms with Crippen LogP contribution in [0.15, 0.2) is 30.3 Å². The molecule has 1 aliphatic carbocycles. The summed E-state index contributed by atoms with van der Waals surface area (Å²) in [6.07, 6.45) is 5.93. The third-order valence-electron chi connectivity index (χ3n) is 4.28. The number of benzene rings is 1. The summed E-state index contributed by atoms with van der Waals surface area (Å²) in [5, 5.41) is 13.0. The lowest BCUT2D eigenvalue weighted by Crippen LogP contribution is -2.45. The van der Waals surface area contributed by atoms with E-state index in [1.165, 1.54) is 24.8 Å². The largest absolute Gasteiger partial charge is 0.396 e. The zero-order chi connectivity index (χ0) is 12.8. The Morgan fingerprint density at radius 3 is 2.56 bits per heavy atom. The second kappa shape index (κ2) is 6.35. The first-order valence-corrected chi connectivity index (χ1v) is 7.12. The first-order valence-electron chi connectivity index (χ1n) is 7.12. The molecule has 0 radical (unpaired) electrons. The van der Waals surface area contributed by atoms with Gasteiger partial charge < -0.3 is 10.4 Å². The van der Waals surface area contributed by atoms with Gasteiger partial charge in [-0.1, -0.05) is 36.8 Å². The lowest BCUT2D eigenvalue weighted by atomic mass is 9.69. The van der Waals surface area contributed by atoms with Crippen molar-refractivity contribution in [3.8, 4) is 0 Å². The highest BCUT2D eigenvalue weighted by molar-refractivity contribution is 5.14. The molecule has 0 heterocycles. The minimum Gasteiger partial charge on any atom is -0.396 e. The van der Waals surface area contributed by atoms with Crippen LogP contribution in [0, 0.1) is 5.41 Å². The lowest BCUT2D eigenvalue weighted by molar-refractivity contribution is 0.0423. The van der Waals surface area contributed by atoms with Crippen LogP contribution in [-0.4, -0.2) is 24.3 Å². The van der Waals surface area contributed by atoms with Crippen molar-refractivity contribution in [3.63, 3.8) is 0 Å². The van der Waals surface area contributed by atoms with E-state index in [1.807, 2.05) is 0 Å². The van der Waals surface area contributed by atoms with E-state index in [4.69, 9.17) is 0 Å². The average molecular weight is 247 g/mol. The van der Waals surface area contributed by atoms with Gasteiger partial charge in [0.1, 0.15) is 0 Å². The first-order chi connectivity index (χ1) is 8.74. The van der Waals surface area contributed by atoms with Crippen molar-refractivity contribution in [3.05, 3.63) is 35.9 Å². The molecule has 2 N–H and O–H groups in total. The van der Waals surface area contributed by atoms with E-state index in [2.05, 4.69) is 42.6 Å². The van der Waals surface area contributed by atoms with Crippen LogP contribution in [0.3, 0.4) is 0 Å². The molecule has 2 nitrogen and oxygen atoms in total. The van der Waals surface area contributed by atoms with E-state index in [0.717, 1.165) is 19.4 Å². The van der Waals surface area contributed by atoms with Gasteiger partial charge in [-0.2, -0.15) is 0 Å². The van der Waals surface area contributed by atoms with Gasteiger partial charge in [-0.15, -0.1) is 0 Å². The predicted molar refractivity (Wildman–Crippen MR) is 75.6 cm³/mol. The fourth-order valence-electron chi connectivity index (χ4n) is 2.59. The van der Waals surface area contributed by atoms with Crippen LogP contribution < -0.4 is 5.32 Å². The summed E-state index contributed by atoms with van der Waals surface area (Å²) in [6, 6.07) is 11.2. The summed E-state index contributed by atoms with van der Waals surface area (Å²) in [4.78, 5) is 0. The molecule has 2 rings (SSSR count). The Morgan fingerprint density at radius 1 is 1.28 bits per heavy atom. The number of nitrogens with one attached hydrogen (secondary N) is 1. The topological polar surface area (TPSA) is 32.3 Å². The zero-order valence-electron chi connectivity index (χ0n) is 11.4. The van der Waals surface area contributed by atoms with E-state index in [0.29, 0.717) is 12.6 Å². The van der Waals surface area contributed by atoms with E-state index in [-0.39, 0.29) is 5.41 Å². The molecule has 1 aliphatic rings. The monoisotopic (exact) mass is 247 g/mol. The van der Waals surface area contributed by atoms with Crippen molar-refractivity contribution in [2.45, 2.75) is 45.1 Å². The molecule has 0 aliphatic heterocycles. The second-order valence-corrected chi connectivity index (χ2v) is 5.82. The summed E-state index contributed by atoms with van der Waals surface area (Å²) in [5.74, 6) is 0. The molecule has 1 aromatic carbocycles. The number of hydrogen-bond acceptors (Lipinski definition) is 2. The molecule has 1 unspecified atom stereocenters. The maximum Gasteiger partial charge on any atom is 0.0499 e. The fraction of sp³-hybridized carbons (Fsp3) is 0.625. The molecule has 1 fully saturated rings. The molecule has 100 valence electrons. The van der Waals surface area contributed by atoms with Gasteiger partial charge in [0.25, 0.3) is 0 Å². The Bertz CT molecular complexity index is 340. The van der Waals surface area contributed by atoms with E-state index in [9.17, 15) is 5.11 Å². The minimum atomic E-state index is 0.195. The fourth-order valence-corrected chi connectivity index (χ4v) is 2.59. The highest BCUT2D eigenvalue weighted by atomic mass is 16.3. The molecule has 0 amide bonds. The summed E-state index contributed by atoms with van der Waals surface area (Å²) in [5.41, 5.74) is 1.60. The Balaban J connectivity index is 1.67. The number of rotatable bonds is 7. The van der Waals surface area contributed by atoms with Crippen LogP contribution in [0.1, 0.15) is 38.2 Å². The highest BCUT2D eigenvalue weighted by Gasteiger charge is 2.35. The normalized spacial score (nSPS) is 19.2. The van der Waals surface area contributed by atoms with Crippen LogP contribution in [-0.2, 0) is 6.42 Å². The molecular weight excluding hydrogens is 222 g/mol. The number of aryl methyl sites for hydroxylation is 1. The molecule has 0 saturated heterocycles. The number of hydrogen-bond donors (Lipinski definition) is 2. The number of aliphatic hydroxyl groups is 1. The Morgan fingerprint density at radius 2 is 2.00 bits per heavy atom. The van der Waals surface area contributed by atoms with Crippen LogP contribution in [0.25, 0.3) is 0 Å². The molecule has 18 heavy (non-hydrogen) atoms. The third kappa shape index (κ3) is 3.56. The maximum absolute atomic E-state index is 9.42. The first kappa shape index (κ1) is 13.6. The van der Waals surface area contributed by atoms with Gasteiger partial charge in [-0.05, 0) is 38.2 Å². The van der Waals surface area contributed by atoms with Crippen molar-refractivity contribution in [2.75, 3.05) is 13.2 Å². The average Bonchev–Trinajstić information content (AvgIpc) is 2.37. The van der Waals surface area contributed by atoms with Crippen LogP contribution in [0.4, 0.5) is 0 Å². The molecule has 0 bridgehead atoms. The number of aliphatic hydroxyl groups excluding tert-OH is 1. The van der Waals surface area contributed by atoms with Gasteiger partial charge in [0.2, 0.25) is 0 Å². The molecule has 1 atom stereocenters. The minimum absolute atomic E-state index is 0.195. The molecule has 1 saturated carbocycles. The Hall–Kier alpha value is -0.860. The second-order valence-electron chi connectivity index (χ2n) is 5.82. The predicted octanol–water partition coefficient (Wildman–Crippen LogP) is 2.76.